The fourth-order valence-electron chi connectivity index (χ4n) is 2.07. The predicted octanol–water partition coefficient (Wildman–Crippen LogP) is 2.69. The lowest BCUT2D eigenvalue weighted by atomic mass is 10.1. The zero-order chi connectivity index (χ0) is 12.0. The smallest absolute Gasteiger partial charge is 0.208 e. The minimum absolute atomic E-state index is 0.176. The molecule has 0 radical (unpaired) electrons. The summed E-state index contributed by atoms with van der Waals surface area (Å²) in [5.41, 5.74) is 1.97. The summed E-state index contributed by atoms with van der Waals surface area (Å²) in [6, 6.07) is 9.41. The van der Waals surface area contributed by atoms with Gasteiger partial charge in [0.1, 0.15) is 16.5 Å². The predicted molar refractivity (Wildman–Crippen MR) is 68.5 cm³/mol. The van der Waals surface area contributed by atoms with Crippen molar-refractivity contribution in [2.75, 3.05) is 0 Å². The van der Waals surface area contributed by atoms with E-state index < -0.39 is 0 Å². The van der Waals surface area contributed by atoms with Crippen LogP contribution in [0.15, 0.2) is 34.4 Å². The average Bonchev–Trinajstić information content (AvgIpc) is 2.73. The number of nitrogens with zero attached hydrogens (tertiary/aromatic N) is 2. The van der Waals surface area contributed by atoms with E-state index in [0.717, 1.165) is 16.0 Å². The van der Waals surface area contributed by atoms with Gasteiger partial charge in [-0.2, -0.15) is 5.26 Å². The zero-order valence-electron chi connectivity index (χ0n) is 9.10. The Hall–Kier alpha value is -2.12. The van der Waals surface area contributed by atoms with E-state index in [0.29, 0.717) is 5.39 Å². The maximum atomic E-state index is 12.2. The van der Waals surface area contributed by atoms with Crippen LogP contribution in [0, 0.1) is 18.3 Å². The molecule has 0 aliphatic carbocycles. The maximum Gasteiger partial charge on any atom is 0.208 e. The van der Waals surface area contributed by atoms with Gasteiger partial charge < -0.3 is 4.40 Å². The van der Waals surface area contributed by atoms with Gasteiger partial charge in [0, 0.05) is 16.5 Å². The zero-order valence-corrected chi connectivity index (χ0v) is 9.91. The summed E-state index contributed by atoms with van der Waals surface area (Å²) >= 11 is 1.43. The van der Waals surface area contributed by atoms with Crippen LogP contribution in [-0.2, 0) is 0 Å². The number of aromatic nitrogens is 1. The second-order valence-corrected chi connectivity index (χ2v) is 4.71. The number of nitriles is 1. The van der Waals surface area contributed by atoms with Gasteiger partial charge in [0.05, 0.1) is 5.52 Å². The normalized spacial score (nSPS) is 10.8. The van der Waals surface area contributed by atoms with E-state index in [1.807, 2.05) is 41.0 Å². The summed E-state index contributed by atoms with van der Waals surface area (Å²) < 4.78 is 1.97. The van der Waals surface area contributed by atoms with Crippen molar-refractivity contribution >= 4 is 27.1 Å². The van der Waals surface area contributed by atoms with E-state index in [-0.39, 0.29) is 11.0 Å². The van der Waals surface area contributed by atoms with Crippen LogP contribution in [0.4, 0.5) is 0 Å². The lowest BCUT2D eigenvalue weighted by molar-refractivity contribution is 1.16. The van der Waals surface area contributed by atoms with Gasteiger partial charge in [-0.05, 0) is 19.1 Å². The highest BCUT2D eigenvalue weighted by Gasteiger charge is 2.13. The van der Waals surface area contributed by atoms with Gasteiger partial charge in [-0.25, -0.2) is 0 Å². The molecule has 2 aromatic heterocycles. The lowest BCUT2D eigenvalue weighted by Gasteiger charge is -2.04. The van der Waals surface area contributed by atoms with Crippen molar-refractivity contribution in [3.8, 4) is 6.07 Å². The largest absolute Gasteiger partial charge is 0.303 e. The van der Waals surface area contributed by atoms with E-state index in [4.69, 9.17) is 5.26 Å². The Morgan fingerprint density at radius 1 is 1.35 bits per heavy atom. The Labute approximate surface area is 101 Å². The summed E-state index contributed by atoms with van der Waals surface area (Å²) in [6.45, 7) is 1.97. The van der Waals surface area contributed by atoms with Crippen LogP contribution in [-0.4, -0.2) is 4.40 Å². The van der Waals surface area contributed by atoms with Crippen LogP contribution in [0.1, 0.15) is 11.3 Å². The Kier molecular flexibility index (Phi) is 2.03. The molecule has 0 spiro atoms. The summed E-state index contributed by atoms with van der Waals surface area (Å²) in [7, 11) is 0. The minimum atomic E-state index is -0.176. The monoisotopic (exact) mass is 240 g/mol. The standard InChI is InChI=1S/C13H8N2OS/c1-8-7-17-13-10(6-14)12(16)9-4-2-3-5-11(9)15(8)13/h2-5,7H,1H3. The fraction of sp³-hybridized carbons (Fsp3) is 0.0769. The van der Waals surface area contributed by atoms with E-state index in [1.165, 1.54) is 11.3 Å². The van der Waals surface area contributed by atoms with Crippen LogP contribution in [0.2, 0.25) is 0 Å². The molecule has 0 unspecified atom stereocenters. The Bertz CT molecular complexity index is 836. The molecule has 0 aliphatic heterocycles. The molecule has 0 bridgehead atoms. The van der Waals surface area contributed by atoms with E-state index in [9.17, 15) is 4.79 Å². The molecule has 0 amide bonds. The topological polar surface area (TPSA) is 45.3 Å². The number of benzene rings is 1. The molecule has 0 fully saturated rings. The number of para-hydroxylation sites is 1. The number of fused-ring (bicyclic) bond motifs is 3. The van der Waals surface area contributed by atoms with E-state index in [2.05, 4.69) is 0 Å². The molecule has 3 aromatic rings. The SMILES string of the molecule is Cc1csc2c(C#N)c(=O)c3ccccc3n12. The van der Waals surface area contributed by atoms with Crippen molar-refractivity contribution < 1.29 is 0 Å². The van der Waals surface area contributed by atoms with Crippen molar-refractivity contribution in [2.45, 2.75) is 6.92 Å². The first kappa shape index (κ1) is 10.1. The molecule has 0 atom stereocenters. The third-order valence-electron chi connectivity index (χ3n) is 2.84. The second kappa shape index (κ2) is 3.44. The molecule has 2 heterocycles. The van der Waals surface area contributed by atoms with Crippen molar-refractivity contribution in [1.29, 1.82) is 5.26 Å². The number of pyridine rings is 1. The molecule has 0 saturated carbocycles. The Morgan fingerprint density at radius 3 is 2.88 bits per heavy atom. The molecule has 0 saturated heterocycles. The third-order valence-corrected chi connectivity index (χ3v) is 3.91. The molecule has 1 aromatic carbocycles. The van der Waals surface area contributed by atoms with Crippen LogP contribution in [0.5, 0.6) is 0 Å². The van der Waals surface area contributed by atoms with Crippen LogP contribution < -0.4 is 5.43 Å². The number of aryl methyl sites for hydroxylation is 1. The number of thiazole rings is 1. The highest BCUT2D eigenvalue weighted by atomic mass is 32.1. The first-order valence-corrected chi connectivity index (χ1v) is 6.03. The summed E-state index contributed by atoms with van der Waals surface area (Å²) in [4.78, 5) is 12.9. The maximum absolute atomic E-state index is 12.2. The minimum Gasteiger partial charge on any atom is -0.303 e. The molecular formula is C13H8N2OS. The molecular weight excluding hydrogens is 232 g/mol. The van der Waals surface area contributed by atoms with E-state index in [1.54, 1.807) is 6.07 Å². The Morgan fingerprint density at radius 2 is 2.12 bits per heavy atom. The molecule has 82 valence electrons. The van der Waals surface area contributed by atoms with Crippen molar-refractivity contribution in [3.05, 3.63) is 51.1 Å². The average molecular weight is 240 g/mol. The molecule has 3 rings (SSSR count). The molecule has 0 aliphatic rings. The fourth-order valence-corrected chi connectivity index (χ4v) is 3.06. The second-order valence-electron chi connectivity index (χ2n) is 3.85. The van der Waals surface area contributed by atoms with Gasteiger partial charge in [-0.3, -0.25) is 4.79 Å². The first-order chi connectivity index (χ1) is 8.24. The Balaban J connectivity index is 2.78. The van der Waals surface area contributed by atoms with Crippen molar-refractivity contribution in [2.24, 2.45) is 0 Å². The highest BCUT2D eigenvalue weighted by molar-refractivity contribution is 7.16. The van der Waals surface area contributed by atoms with Gasteiger partial charge in [0.25, 0.3) is 0 Å². The third kappa shape index (κ3) is 1.23. The van der Waals surface area contributed by atoms with E-state index >= 15 is 0 Å². The number of rotatable bonds is 0. The number of hydrogen-bond donors (Lipinski definition) is 0. The van der Waals surface area contributed by atoms with Crippen molar-refractivity contribution in [3.63, 3.8) is 0 Å². The van der Waals surface area contributed by atoms with Gasteiger partial charge >= 0.3 is 0 Å². The van der Waals surface area contributed by atoms with Gasteiger partial charge in [0.15, 0.2) is 0 Å². The van der Waals surface area contributed by atoms with Crippen LogP contribution >= 0.6 is 11.3 Å². The van der Waals surface area contributed by atoms with Crippen molar-refractivity contribution in [1.82, 2.24) is 4.40 Å². The van der Waals surface area contributed by atoms with Crippen LogP contribution in [0.25, 0.3) is 15.7 Å². The summed E-state index contributed by atoms with van der Waals surface area (Å²) in [6.07, 6.45) is 0. The van der Waals surface area contributed by atoms with Gasteiger partial charge in [0.2, 0.25) is 5.43 Å². The quantitative estimate of drug-likeness (QED) is 0.606. The molecule has 0 N–H and O–H groups in total. The number of hydrogen-bond acceptors (Lipinski definition) is 3. The van der Waals surface area contributed by atoms with Gasteiger partial charge in [-0.15, -0.1) is 11.3 Å². The first-order valence-electron chi connectivity index (χ1n) is 5.15. The summed E-state index contributed by atoms with van der Waals surface area (Å²) in [5.74, 6) is 0. The molecule has 3 nitrogen and oxygen atoms in total. The summed E-state index contributed by atoms with van der Waals surface area (Å²) in [5, 5.41) is 11.7. The molecule has 17 heavy (non-hydrogen) atoms. The lowest BCUT2D eigenvalue weighted by Crippen LogP contribution is -2.10. The van der Waals surface area contributed by atoms with Crippen LogP contribution in [0.3, 0.4) is 0 Å². The van der Waals surface area contributed by atoms with Gasteiger partial charge in [-0.1, -0.05) is 12.1 Å². The highest BCUT2D eigenvalue weighted by Crippen LogP contribution is 2.23. The molecule has 4 heteroatoms.